The van der Waals surface area contributed by atoms with Crippen molar-refractivity contribution in [2.24, 2.45) is 0 Å². The lowest BCUT2D eigenvalue weighted by Gasteiger charge is -2.42. The summed E-state index contributed by atoms with van der Waals surface area (Å²) < 4.78 is 33.4. The van der Waals surface area contributed by atoms with Crippen LogP contribution in [0.3, 0.4) is 0 Å². The maximum atomic E-state index is 13.0. The van der Waals surface area contributed by atoms with Gasteiger partial charge in [0, 0.05) is 12.8 Å². The van der Waals surface area contributed by atoms with Crippen LogP contribution in [0.2, 0.25) is 0 Å². The van der Waals surface area contributed by atoms with Gasteiger partial charge in [0.05, 0.1) is 19.8 Å². The summed E-state index contributed by atoms with van der Waals surface area (Å²) in [6, 6.07) is 0. The zero-order valence-corrected chi connectivity index (χ0v) is 41.4. The molecule has 2 rings (SSSR count). The normalized spacial score (nSPS) is 26.4. The van der Waals surface area contributed by atoms with Gasteiger partial charge < -0.3 is 64.2 Å². The third-order valence-electron chi connectivity index (χ3n) is 10.9. The fourth-order valence-corrected chi connectivity index (χ4v) is 6.87. The molecule has 0 bridgehead atoms. The van der Waals surface area contributed by atoms with E-state index in [0.717, 1.165) is 64.2 Å². The summed E-state index contributed by atoms with van der Waals surface area (Å²) >= 11 is 0. The van der Waals surface area contributed by atoms with Gasteiger partial charge in [-0.25, -0.2) is 0 Å². The number of ether oxygens (including phenoxy) is 6. The van der Waals surface area contributed by atoms with E-state index in [2.05, 4.69) is 111 Å². The summed E-state index contributed by atoms with van der Waals surface area (Å²) in [7, 11) is 0. The second-order valence-electron chi connectivity index (χ2n) is 16.9. The maximum Gasteiger partial charge on any atom is 0.306 e. The Bertz CT molecular complexity index is 1680. The smallest absolute Gasteiger partial charge is 0.306 e. The van der Waals surface area contributed by atoms with E-state index >= 15 is 0 Å². The standard InChI is InChI=1S/C55H84O15/c1-3-5-7-9-11-13-15-17-19-21-23-25-27-29-31-33-35-37-46(57)65-40-43(68-47(58)38-36-34-32-30-28-26-24-22-20-18-16-14-12-10-8-6-4-2)41-66-54-53(64)51(62)49(60)45(70-54)42-67-55-52(63)50(61)48(59)44(39-56)69-55/h5-8,11-14,17-20,23-26,29-32,43-45,48-56,59-64H,3-4,9-10,15-16,21-22,27-28,33-42H2,1-2H3/b7-5+,8-6+,13-11+,14-12+,19-17+,20-18+,25-23+,26-24+,31-29+,32-30+/t43-,44+,45+,48-,49-,50?,51?,52?,53?,54+,55+/m0/s1. The van der Waals surface area contributed by atoms with E-state index in [-0.39, 0.29) is 19.4 Å². The molecule has 2 aliphatic heterocycles. The molecule has 2 fully saturated rings. The first-order valence-corrected chi connectivity index (χ1v) is 25.1. The molecule has 0 amide bonds. The van der Waals surface area contributed by atoms with Crippen molar-refractivity contribution in [2.45, 2.75) is 184 Å². The monoisotopic (exact) mass is 985 g/mol. The van der Waals surface area contributed by atoms with E-state index in [0.29, 0.717) is 25.7 Å². The van der Waals surface area contributed by atoms with Gasteiger partial charge in [-0.3, -0.25) is 9.59 Å². The molecule has 0 radical (unpaired) electrons. The van der Waals surface area contributed by atoms with Crippen molar-refractivity contribution in [3.05, 3.63) is 122 Å². The minimum atomic E-state index is -1.79. The number of hydrogen-bond donors (Lipinski definition) is 7. The molecule has 70 heavy (non-hydrogen) atoms. The highest BCUT2D eigenvalue weighted by Crippen LogP contribution is 2.26. The first-order valence-electron chi connectivity index (χ1n) is 25.1. The van der Waals surface area contributed by atoms with E-state index in [4.69, 9.17) is 28.4 Å². The molecule has 2 aliphatic rings. The molecule has 15 nitrogen and oxygen atoms in total. The third kappa shape index (κ3) is 28.1. The summed E-state index contributed by atoms with van der Waals surface area (Å²) in [6.45, 7) is 2.20. The Morgan fingerprint density at radius 3 is 1.26 bits per heavy atom. The first kappa shape index (κ1) is 62.0. The number of aliphatic hydroxyl groups excluding tert-OH is 7. The van der Waals surface area contributed by atoms with E-state index < -0.39 is 99.3 Å². The van der Waals surface area contributed by atoms with Crippen LogP contribution in [0.25, 0.3) is 0 Å². The summed E-state index contributed by atoms with van der Waals surface area (Å²) in [6.07, 6.45) is 36.7. The molecule has 11 atom stereocenters. The Balaban J connectivity index is 1.88. The van der Waals surface area contributed by atoms with Gasteiger partial charge >= 0.3 is 11.9 Å². The third-order valence-corrected chi connectivity index (χ3v) is 10.9. The maximum absolute atomic E-state index is 13.0. The number of allylic oxidation sites excluding steroid dienone is 20. The van der Waals surface area contributed by atoms with Gasteiger partial charge in [-0.05, 0) is 89.9 Å². The van der Waals surface area contributed by atoms with E-state index in [9.17, 15) is 45.3 Å². The minimum absolute atomic E-state index is 0.0663. The van der Waals surface area contributed by atoms with Gasteiger partial charge in [0.25, 0.3) is 0 Å². The van der Waals surface area contributed by atoms with Crippen LogP contribution in [-0.4, -0.2) is 142 Å². The predicted octanol–water partition coefficient (Wildman–Crippen LogP) is 6.93. The summed E-state index contributed by atoms with van der Waals surface area (Å²) in [5.41, 5.74) is 0. The Hall–Kier alpha value is -4.10. The second kappa shape index (κ2) is 40.5. The van der Waals surface area contributed by atoms with Crippen molar-refractivity contribution in [2.75, 3.05) is 26.4 Å². The van der Waals surface area contributed by atoms with Crippen molar-refractivity contribution >= 4 is 11.9 Å². The minimum Gasteiger partial charge on any atom is -0.462 e. The van der Waals surface area contributed by atoms with Crippen LogP contribution in [0, 0.1) is 0 Å². The van der Waals surface area contributed by atoms with Crippen molar-refractivity contribution < 1.29 is 73.8 Å². The lowest BCUT2D eigenvalue weighted by atomic mass is 9.98. The largest absolute Gasteiger partial charge is 0.462 e. The molecule has 0 aromatic carbocycles. The number of esters is 2. The highest BCUT2D eigenvalue weighted by atomic mass is 16.7. The molecule has 394 valence electrons. The molecule has 7 N–H and O–H groups in total. The van der Waals surface area contributed by atoms with Crippen LogP contribution < -0.4 is 0 Å². The SMILES string of the molecule is CC/C=C/C/C=C/C/C=C/C/C=C/C/C=C/CCCC(=O)OC[C@@H](CO[C@@H]1O[C@H](CO[C@@H]2O[C@H](CO)[C@H](O)C(O)C2O)[C@H](O)C(O)C1O)OC(=O)CCC/C=C/C/C=C/C/C=C/C/C=C/C/C=C/CC. The lowest BCUT2D eigenvalue weighted by molar-refractivity contribution is -0.332. The fraction of sp³-hybridized carbons (Fsp3) is 0.600. The van der Waals surface area contributed by atoms with Gasteiger partial charge in [-0.1, -0.05) is 135 Å². The van der Waals surface area contributed by atoms with Crippen LogP contribution >= 0.6 is 0 Å². The quantitative estimate of drug-likeness (QED) is 0.0192. The molecule has 0 aromatic heterocycles. The van der Waals surface area contributed by atoms with E-state index in [1.54, 1.807) is 0 Å². The van der Waals surface area contributed by atoms with Gasteiger partial charge in [-0.2, -0.15) is 0 Å². The average molecular weight is 985 g/mol. The summed E-state index contributed by atoms with van der Waals surface area (Å²) in [4.78, 5) is 25.7. The molecule has 0 aliphatic carbocycles. The molecule has 15 heteroatoms. The lowest BCUT2D eigenvalue weighted by Crippen LogP contribution is -2.61. The number of carbonyl (C=O) groups excluding carboxylic acids is 2. The molecule has 2 saturated heterocycles. The van der Waals surface area contributed by atoms with Crippen LogP contribution in [0.1, 0.15) is 117 Å². The van der Waals surface area contributed by atoms with Gasteiger partial charge in [0.2, 0.25) is 0 Å². The average Bonchev–Trinajstić information content (AvgIpc) is 3.35. The molecular weight excluding hydrogens is 901 g/mol. The predicted molar refractivity (Wildman–Crippen MR) is 270 cm³/mol. The van der Waals surface area contributed by atoms with Crippen molar-refractivity contribution in [3.8, 4) is 0 Å². The van der Waals surface area contributed by atoms with Crippen LogP contribution in [0.4, 0.5) is 0 Å². The molecule has 4 unspecified atom stereocenters. The topological polar surface area (TPSA) is 231 Å². The number of unbranched alkanes of at least 4 members (excludes halogenated alkanes) is 2. The number of hydrogen-bond acceptors (Lipinski definition) is 15. The highest BCUT2D eigenvalue weighted by molar-refractivity contribution is 5.70. The Morgan fingerprint density at radius 2 is 0.829 bits per heavy atom. The van der Waals surface area contributed by atoms with Gasteiger partial charge in [-0.15, -0.1) is 0 Å². The molecule has 0 saturated carbocycles. The Kier molecular flexibility index (Phi) is 35.9. The fourth-order valence-electron chi connectivity index (χ4n) is 6.87. The van der Waals surface area contributed by atoms with Crippen LogP contribution in [-0.2, 0) is 38.0 Å². The highest BCUT2D eigenvalue weighted by Gasteiger charge is 2.47. The number of aliphatic hydroxyl groups is 7. The molecule has 0 aromatic rings. The second-order valence-corrected chi connectivity index (χ2v) is 16.9. The van der Waals surface area contributed by atoms with E-state index in [1.165, 1.54) is 0 Å². The van der Waals surface area contributed by atoms with Gasteiger partial charge in [0.1, 0.15) is 55.4 Å². The molecule has 0 spiro atoms. The summed E-state index contributed by atoms with van der Waals surface area (Å²) in [5.74, 6) is -1.08. The Labute approximate surface area is 416 Å². The Morgan fingerprint density at radius 1 is 0.457 bits per heavy atom. The number of rotatable bonds is 36. The number of carbonyl (C=O) groups is 2. The zero-order valence-electron chi connectivity index (χ0n) is 41.4. The van der Waals surface area contributed by atoms with Gasteiger partial charge in [0.15, 0.2) is 18.7 Å². The molecule has 2 heterocycles. The van der Waals surface area contributed by atoms with Crippen molar-refractivity contribution in [1.82, 2.24) is 0 Å². The molecular formula is C55H84O15. The van der Waals surface area contributed by atoms with Crippen molar-refractivity contribution in [1.29, 1.82) is 0 Å². The van der Waals surface area contributed by atoms with Crippen LogP contribution in [0.5, 0.6) is 0 Å². The van der Waals surface area contributed by atoms with Crippen LogP contribution in [0.15, 0.2) is 122 Å². The van der Waals surface area contributed by atoms with Crippen molar-refractivity contribution in [3.63, 3.8) is 0 Å². The first-order chi connectivity index (χ1) is 34.0. The zero-order chi connectivity index (χ0) is 51.0. The summed E-state index contributed by atoms with van der Waals surface area (Å²) in [5, 5.41) is 72.1. The van der Waals surface area contributed by atoms with E-state index in [1.807, 2.05) is 24.3 Å².